The van der Waals surface area contributed by atoms with Gasteiger partial charge in [0.1, 0.15) is 5.76 Å². The molecule has 1 aromatic carbocycles. The summed E-state index contributed by atoms with van der Waals surface area (Å²) in [6.07, 6.45) is 3.82. The van der Waals surface area contributed by atoms with E-state index in [4.69, 9.17) is 9.47 Å². The van der Waals surface area contributed by atoms with E-state index in [1.54, 1.807) is 37.3 Å². The molecule has 4 rings (SSSR count). The number of pyridine rings is 1. The van der Waals surface area contributed by atoms with Crippen molar-refractivity contribution in [3.8, 4) is 11.5 Å². The molecule has 2 aromatic heterocycles. The summed E-state index contributed by atoms with van der Waals surface area (Å²) in [5.41, 5.74) is 1.20. The molecule has 1 fully saturated rings. The molecule has 3 aromatic rings. The van der Waals surface area contributed by atoms with Gasteiger partial charge in [-0.3, -0.25) is 24.3 Å². The average Bonchev–Trinajstić information content (AvgIpc) is 3.41. The number of ketones is 2. The number of ether oxygens (including phenoxy) is 2. The Labute approximate surface area is 224 Å². The number of benzene rings is 1. The Hall–Kier alpha value is -4.05. The van der Waals surface area contributed by atoms with Crippen molar-refractivity contribution in [3.63, 3.8) is 0 Å². The summed E-state index contributed by atoms with van der Waals surface area (Å²) in [4.78, 5) is 48.9. The molecule has 0 bridgehead atoms. The molecule has 0 saturated carbocycles. The monoisotopic (exact) mass is 535 g/mol. The van der Waals surface area contributed by atoms with Gasteiger partial charge >= 0.3 is 5.91 Å². The zero-order chi connectivity index (χ0) is 27.6. The molecule has 0 spiro atoms. The maximum Gasteiger partial charge on any atom is 0.301 e. The van der Waals surface area contributed by atoms with Gasteiger partial charge in [0.15, 0.2) is 22.4 Å². The van der Waals surface area contributed by atoms with Crippen molar-refractivity contribution in [1.82, 2.24) is 9.97 Å². The van der Waals surface area contributed by atoms with Gasteiger partial charge in [-0.25, -0.2) is 4.98 Å². The van der Waals surface area contributed by atoms with Crippen molar-refractivity contribution in [2.24, 2.45) is 5.92 Å². The third-order valence-electron chi connectivity index (χ3n) is 6.17. The fourth-order valence-corrected chi connectivity index (χ4v) is 5.19. The number of aliphatic hydroxyl groups excluding tert-OH is 1. The highest BCUT2D eigenvalue weighted by atomic mass is 32.1. The number of aliphatic hydroxyl groups is 1. The number of hydrogen-bond donors (Lipinski definition) is 1. The van der Waals surface area contributed by atoms with Gasteiger partial charge in [0.05, 0.1) is 35.9 Å². The van der Waals surface area contributed by atoms with Crippen LogP contribution in [0.2, 0.25) is 0 Å². The molecule has 9 nitrogen and oxygen atoms in total. The minimum Gasteiger partial charge on any atom is -0.507 e. The number of methoxy groups -OCH3 is 1. The number of aromatic nitrogens is 2. The molecule has 3 heterocycles. The van der Waals surface area contributed by atoms with Crippen LogP contribution in [0.5, 0.6) is 11.5 Å². The Morgan fingerprint density at radius 3 is 2.47 bits per heavy atom. The summed E-state index contributed by atoms with van der Waals surface area (Å²) in [5, 5.41) is 11.4. The zero-order valence-electron chi connectivity index (χ0n) is 21.8. The Morgan fingerprint density at radius 2 is 1.87 bits per heavy atom. The molecule has 1 aliphatic rings. The smallest absolute Gasteiger partial charge is 0.301 e. The molecule has 1 N–H and O–H groups in total. The molecular weight excluding hydrogens is 506 g/mol. The van der Waals surface area contributed by atoms with Crippen LogP contribution in [0.3, 0.4) is 0 Å². The molecule has 38 heavy (non-hydrogen) atoms. The van der Waals surface area contributed by atoms with Crippen LogP contribution in [-0.4, -0.2) is 46.3 Å². The Bertz CT molecular complexity index is 1410. The van der Waals surface area contributed by atoms with Crippen molar-refractivity contribution < 1.29 is 29.0 Å². The Balaban J connectivity index is 1.88. The summed E-state index contributed by atoms with van der Waals surface area (Å²) in [7, 11) is 1.51. The summed E-state index contributed by atoms with van der Waals surface area (Å²) < 4.78 is 11.5. The van der Waals surface area contributed by atoms with E-state index in [-0.39, 0.29) is 22.2 Å². The van der Waals surface area contributed by atoms with E-state index in [0.29, 0.717) is 45.7 Å². The normalized spacial score (nSPS) is 16.8. The summed E-state index contributed by atoms with van der Waals surface area (Å²) in [5.74, 6) is -0.846. The van der Waals surface area contributed by atoms with Crippen molar-refractivity contribution >= 4 is 39.7 Å². The Kier molecular flexibility index (Phi) is 7.91. The molecule has 10 heteroatoms. The lowest BCUT2D eigenvalue weighted by molar-refractivity contribution is -0.132. The van der Waals surface area contributed by atoms with Crippen LogP contribution in [0.15, 0.2) is 48.3 Å². The van der Waals surface area contributed by atoms with E-state index in [0.717, 1.165) is 17.8 Å². The number of carbonyl (C=O) groups is 3. The van der Waals surface area contributed by atoms with Crippen LogP contribution in [0.1, 0.15) is 59.7 Å². The number of amides is 1. The number of Topliss-reactive ketones (excluding diaryl/α,β-unsaturated/α-hetero) is 2. The van der Waals surface area contributed by atoms with E-state index in [2.05, 4.69) is 23.8 Å². The van der Waals surface area contributed by atoms with Crippen molar-refractivity contribution in [3.05, 3.63) is 70.0 Å². The largest absolute Gasteiger partial charge is 0.507 e. The van der Waals surface area contributed by atoms with Crippen LogP contribution in [0, 0.1) is 12.8 Å². The van der Waals surface area contributed by atoms with Gasteiger partial charge in [-0.1, -0.05) is 31.3 Å². The van der Waals surface area contributed by atoms with Crippen LogP contribution < -0.4 is 14.4 Å². The summed E-state index contributed by atoms with van der Waals surface area (Å²) >= 11 is 1.03. The lowest BCUT2D eigenvalue weighted by Crippen LogP contribution is -2.29. The molecule has 1 amide bonds. The van der Waals surface area contributed by atoms with E-state index in [1.807, 2.05) is 0 Å². The van der Waals surface area contributed by atoms with Crippen LogP contribution in [0.25, 0.3) is 5.76 Å². The molecule has 1 unspecified atom stereocenters. The minimum absolute atomic E-state index is 0.103. The van der Waals surface area contributed by atoms with Gasteiger partial charge in [-0.05, 0) is 49.1 Å². The van der Waals surface area contributed by atoms with E-state index >= 15 is 0 Å². The highest BCUT2D eigenvalue weighted by Gasteiger charge is 2.48. The second-order valence-corrected chi connectivity index (χ2v) is 10.3. The first-order valence-electron chi connectivity index (χ1n) is 12.1. The molecule has 198 valence electrons. The standard InChI is InChI=1S/C28H29N3O6S/c1-15(2)10-13-37-20-7-6-19(14-21(20)36-5)23-22(24(33)18-8-11-29-12-9-18)25(34)27(35)31(23)28-30-16(3)26(38-28)17(4)32/h6-9,11-12,14-15,23,33H,10,13H2,1-5H3/b24-22+. The fraction of sp³-hybridized carbons (Fsp3) is 0.321. The number of anilines is 1. The molecule has 0 radical (unpaired) electrons. The number of aryl methyl sites for hydroxylation is 1. The zero-order valence-corrected chi connectivity index (χ0v) is 22.7. The van der Waals surface area contributed by atoms with Crippen molar-refractivity contribution in [2.75, 3.05) is 18.6 Å². The molecule has 1 aliphatic heterocycles. The predicted molar refractivity (Wildman–Crippen MR) is 144 cm³/mol. The molecular formula is C28H29N3O6S. The quantitative estimate of drug-likeness (QED) is 0.174. The highest BCUT2D eigenvalue weighted by molar-refractivity contribution is 7.18. The van der Waals surface area contributed by atoms with Gasteiger partial charge in [0.25, 0.3) is 5.78 Å². The van der Waals surface area contributed by atoms with Crippen LogP contribution >= 0.6 is 11.3 Å². The summed E-state index contributed by atoms with van der Waals surface area (Å²) in [6.45, 7) is 7.80. The molecule has 1 saturated heterocycles. The SMILES string of the molecule is COc1cc(C2/C(=C(\O)c3ccncc3)C(=O)C(=O)N2c2nc(C)c(C(C)=O)s2)ccc1OCCC(C)C. The van der Waals surface area contributed by atoms with Gasteiger partial charge in [0.2, 0.25) is 0 Å². The van der Waals surface area contributed by atoms with E-state index in [9.17, 15) is 19.5 Å². The third kappa shape index (κ3) is 5.17. The first kappa shape index (κ1) is 27.0. The topological polar surface area (TPSA) is 119 Å². The fourth-order valence-electron chi connectivity index (χ4n) is 4.20. The highest BCUT2D eigenvalue weighted by Crippen LogP contribution is 2.45. The maximum absolute atomic E-state index is 13.4. The third-order valence-corrected chi connectivity index (χ3v) is 7.42. The first-order chi connectivity index (χ1) is 18.1. The minimum atomic E-state index is -1.02. The predicted octanol–water partition coefficient (Wildman–Crippen LogP) is 5.11. The second-order valence-electron chi connectivity index (χ2n) is 9.31. The van der Waals surface area contributed by atoms with Crippen LogP contribution in [-0.2, 0) is 9.59 Å². The number of rotatable bonds is 9. The lowest BCUT2D eigenvalue weighted by atomic mass is 9.95. The van der Waals surface area contributed by atoms with Crippen molar-refractivity contribution in [1.29, 1.82) is 0 Å². The number of hydrogen-bond acceptors (Lipinski definition) is 9. The Morgan fingerprint density at radius 1 is 1.16 bits per heavy atom. The van der Waals surface area contributed by atoms with Gasteiger partial charge < -0.3 is 14.6 Å². The van der Waals surface area contributed by atoms with Gasteiger partial charge in [0, 0.05) is 24.9 Å². The average molecular weight is 536 g/mol. The van der Waals surface area contributed by atoms with E-state index < -0.39 is 17.7 Å². The van der Waals surface area contributed by atoms with Crippen molar-refractivity contribution in [2.45, 2.75) is 40.2 Å². The first-order valence-corrected chi connectivity index (χ1v) is 13.0. The van der Waals surface area contributed by atoms with Gasteiger partial charge in [-0.2, -0.15) is 0 Å². The maximum atomic E-state index is 13.4. The van der Waals surface area contributed by atoms with Gasteiger partial charge in [-0.15, -0.1) is 0 Å². The summed E-state index contributed by atoms with van der Waals surface area (Å²) in [6, 6.07) is 7.20. The molecule has 0 aliphatic carbocycles. The molecule has 1 atom stereocenters. The number of carbonyl (C=O) groups excluding carboxylic acids is 3. The van der Waals surface area contributed by atoms with E-state index in [1.165, 1.54) is 31.3 Å². The second kappa shape index (κ2) is 11.1. The number of nitrogens with zero attached hydrogens (tertiary/aromatic N) is 3. The van der Waals surface area contributed by atoms with Crippen LogP contribution in [0.4, 0.5) is 5.13 Å². The lowest BCUT2D eigenvalue weighted by Gasteiger charge is -2.24. The number of thiazole rings is 1.